The molecule has 1 heterocycles. The van der Waals surface area contributed by atoms with E-state index in [1.165, 1.54) is 0 Å². The Hall–Kier alpha value is -2.32. The van der Waals surface area contributed by atoms with E-state index in [2.05, 4.69) is 4.72 Å². The number of rotatable bonds is 6. The van der Waals surface area contributed by atoms with Crippen LogP contribution in [0.25, 0.3) is 0 Å². The average molecular weight is 558 g/mol. The third-order valence-corrected chi connectivity index (χ3v) is 10.3. The van der Waals surface area contributed by atoms with Gasteiger partial charge < -0.3 is 4.74 Å². The molecule has 1 aliphatic carbocycles. The predicted molar refractivity (Wildman–Crippen MR) is 116 cm³/mol. The summed E-state index contributed by atoms with van der Waals surface area (Å²) in [6.45, 7) is -0.572. The molecular weight excluding hydrogens is 536 g/mol. The lowest BCUT2D eigenvalue weighted by Crippen LogP contribution is -2.53. The van der Waals surface area contributed by atoms with Crippen LogP contribution in [0.5, 0.6) is 5.75 Å². The number of benzene rings is 2. The second kappa shape index (κ2) is 9.21. The summed E-state index contributed by atoms with van der Waals surface area (Å²) in [5.74, 6) is -4.11. The Balaban J connectivity index is 1.81. The minimum Gasteiger partial charge on any atom is -0.490 e. The largest absolute Gasteiger partial charge is 0.490 e. The number of sulfonamides is 1. The minimum absolute atomic E-state index is 0.00986. The van der Waals surface area contributed by atoms with Crippen LogP contribution >= 0.6 is 0 Å². The SMILES string of the molecule is O=S(=O)(CF)NC[C@@H]1CC[C@@]2(S(=O)(=O)c3ccc(C(F)(F)F)cc3)c3c(F)ccc(F)c3OC[C@H]2C1. The molecule has 0 bridgehead atoms. The van der Waals surface area contributed by atoms with Gasteiger partial charge in [-0.3, -0.25) is 0 Å². The standard InChI is InChI=1S/C22H21F6NO5S2/c23-12-35(30,31)29-10-13-7-8-21(36(32,33)16-3-1-14(2-4-16)22(26,27)28)15(9-13)11-34-20-18(25)6-5-17(24)19(20)21/h1-6,13,15,29H,7-12H2/t13-,15-,21+/m1/s1. The van der Waals surface area contributed by atoms with Crippen molar-refractivity contribution in [2.24, 2.45) is 11.8 Å². The molecular formula is C22H21F6NO5S2. The van der Waals surface area contributed by atoms with E-state index in [-0.39, 0.29) is 32.4 Å². The molecule has 0 amide bonds. The van der Waals surface area contributed by atoms with Gasteiger partial charge in [-0.1, -0.05) is 0 Å². The fourth-order valence-corrected chi connectivity index (χ4v) is 8.04. The van der Waals surface area contributed by atoms with Gasteiger partial charge in [-0.25, -0.2) is 34.7 Å². The topological polar surface area (TPSA) is 89.5 Å². The summed E-state index contributed by atoms with van der Waals surface area (Å²) >= 11 is 0. The van der Waals surface area contributed by atoms with E-state index >= 15 is 4.39 Å². The molecule has 0 radical (unpaired) electrons. The normalized spacial score (nSPS) is 24.5. The first-order valence-corrected chi connectivity index (χ1v) is 13.9. The molecule has 14 heteroatoms. The molecule has 1 fully saturated rings. The highest BCUT2D eigenvalue weighted by atomic mass is 32.2. The Morgan fingerprint density at radius 1 is 1.00 bits per heavy atom. The van der Waals surface area contributed by atoms with Gasteiger partial charge in [0.1, 0.15) is 10.6 Å². The van der Waals surface area contributed by atoms with Crippen molar-refractivity contribution in [1.29, 1.82) is 0 Å². The predicted octanol–water partition coefficient (Wildman–Crippen LogP) is 4.31. The third-order valence-electron chi connectivity index (χ3n) is 6.82. The molecule has 0 unspecified atom stereocenters. The maximum absolute atomic E-state index is 15.2. The molecule has 6 nitrogen and oxygen atoms in total. The van der Waals surface area contributed by atoms with Gasteiger partial charge in [0.15, 0.2) is 21.4 Å². The average Bonchev–Trinajstić information content (AvgIpc) is 2.83. The number of ether oxygens (including phenoxy) is 1. The lowest BCUT2D eigenvalue weighted by molar-refractivity contribution is -0.137. The molecule has 36 heavy (non-hydrogen) atoms. The van der Waals surface area contributed by atoms with Crippen LogP contribution in [0, 0.1) is 23.5 Å². The number of hydrogen-bond donors (Lipinski definition) is 1. The van der Waals surface area contributed by atoms with Crippen molar-refractivity contribution in [2.45, 2.75) is 35.1 Å². The van der Waals surface area contributed by atoms with Gasteiger partial charge in [-0.05, 0) is 61.6 Å². The first-order valence-electron chi connectivity index (χ1n) is 10.8. The van der Waals surface area contributed by atoms with Crippen LogP contribution in [0.15, 0.2) is 41.3 Å². The van der Waals surface area contributed by atoms with Crippen LogP contribution in [0.1, 0.15) is 30.4 Å². The van der Waals surface area contributed by atoms with Crippen LogP contribution in [0.2, 0.25) is 0 Å². The molecule has 1 saturated carbocycles. The van der Waals surface area contributed by atoms with Crippen molar-refractivity contribution in [2.75, 3.05) is 19.2 Å². The molecule has 2 aliphatic rings. The summed E-state index contributed by atoms with van der Waals surface area (Å²) in [5.41, 5.74) is -1.62. The molecule has 1 aliphatic heterocycles. The monoisotopic (exact) mass is 557 g/mol. The zero-order chi connectivity index (χ0) is 26.5. The number of alkyl halides is 4. The van der Waals surface area contributed by atoms with Crippen LogP contribution in [-0.4, -0.2) is 36.0 Å². The van der Waals surface area contributed by atoms with Crippen LogP contribution < -0.4 is 9.46 Å². The zero-order valence-corrected chi connectivity index (χ0v) is 20.1. The van der Waals surface area contributed by atoms with Gasteiger partial charge in [0.25, 0.3) is 0 Å². The van der Waals surface area contributed by atoms with Crippen molar-refractivity contribution in [1.82, 2.24) is 4.72 Å². The van der Waals surface area contributed by atoms with Crippen LogP contribution in [-0.2, 0) is 30.8 Å². The Morgan fingerprint density at radius 2 is 1.64 bits per heavy atom. The molecule has 0 spiro atoms. The number of halogens is 6. The summed E-state index contributed by atoms with van der Waals surface area (Å²) in [6.07, 6.45) is -4.99. The van der Waals surface area contributed by atoms with Crippen molar-refractivity contribution < 1.29 is 47.9 Å². The van der Waals surface area contributed by atoms with E-state index in [4.69, 9.17) is 4.74 Å². The van der Waals surface area contributed by atoms with Crippen molar-refractivity contribution in [3.63, 3.8) is 0 Å². The Bertz CT molecular complexity index is 1360. The number of hydrogen-bond acceptors (Lipinski definition) is 5. The molecule has 198 valence electrons. The number of nitrogens with one attached hydrogen (secondary N) is 1. The quantitative estimate of drug-likeness (QED) is 0.535. The lowest BCUT2D eigenvalue weighted by atomic mass is 9.69. The molecule has 2 aromatic carbocycles. The van der Waals surface area contributed by atoms with Crippen molar-refractivity contribution >= 4 is 19.9 Å². The molecule has 0 saturated heterocycles. The van der Waals surface area contributed by atoms with Gasteiger partial charge in [0.2, 0.25) is 16.0 Å². The second-order valence-corrected chi connectivity index (χ2v) is 12.8. The Kier molecular flexibility index (Phi) is 6.84. The van der Waals surface area contributed by atoms with Gasteiger partial charge in [-0.2, -0.15) is 13.2 Å². The highest BCUT2D eigenvalue weighted by Gasteiger charge is 2.59. The Morgan fingerprint density at radius 3 is 2.25 bits per heavy atom. The van der Waals surface area contributed by atoms with Gasteiger partial charge in [0.05, 0.1) is 22.6 Å². The molecule has 1 N–H and O–H groups in total. The van der Waals surface area contributed by atoms with E-state index in [0.717, 1.165) is 24.3 Å². The van der Waals surface area contributed by atoms with E-state index in [9.17, 15) is 38.8 Å². The number of fused-ring (bicyclic) bond motifs is 3. The minimum atomic E-state index is -4.71. The van der Waals surface area contributed by atoms with Crippen molar-refractivity contribution in [3.8, 4) is 5.75 Å². The Labute approximate surface area is 203 Å². The smallest absolute Gasteiger partial charge is 0.416 e. The van der Waals surface area contributed by atoms with E-state index in [1.807, 2.05) is 0 Å². The molecule has 0 aromatic heterocycles. The zero-order valence-electron chi connectivity index (χ0n) is 18.5. The van der Waals surface area contributed by atoms with E-state index in [0.29, 0.717) is 12.1 Å². The van der Waals surface area contributed by atoms with E-state index in [1.54, 1.807) is 0 Å². The summed E-state index contributed by atoms with van der Waals surface area (Å²) < 4.78 is 138. The van der Waals surface area contributed by atoms with Gasteiger partial charge in [-0.15, -0.1) is 0 Å². The van der Waals surface area contributed by atoms with Gasteiger partial charge in [0, 0.05) is 12.5 Å². The molecule has 3 atom stereocenters. The maximum atomic E-state index is 15.2. The fraction of sp³-hybridized carbons (Fsp3) is 0.455. The highest BCUT2D eigenvalue weighted by molar-refractivity contribution is 7.92. The lowest BCUT2D eigenvalue weighted by Gasteiger charge is -2.49. The summed E-state index contributed by atoms with van der Waals surface area (Å²) in [5, 5.41) is 0. The second-order valence-electron chi connectivity index (χ2n) is 8.87. The number of sulfone groups is 1. The maximum Gasteiger partial charge on any atom is 0.416 e. The van der Waals surface area contributed by atoms with Crippen LogP contribution in [0.3, 0.4) is 0 Å². The first kappa shape index (κ1) is 26.7. The first-order chi connectivity index (χ1) is 16.7. The van der Waals surface area contributed by atoms with Crippen LogP contribution in [0.4, 0.5) is 26.3 Å². The summed E-state index contributed by atoms with van der Waals surface area (Å²) in [7, 11) is -8.80. The molecule has 2 aromatic rings. The summed E-state index contributed by atoms with van der Waals surface area (Å²) in [6, 6.07) is 2.64. The van der Waals surface area contributed by atoms with Crippen molar-refractivity contribution in [3.05, 3.63) is 59.2 Å². The molecule has 4 rings (SSSR count). The fourth-order valence-electron chi connectivity index (χ4n) is 5.11. The van der Waals surface area contributed by atoms with E-state index < -0.39 is 82.0 Å². The highest BCUT2D eigenvalue weighted by Crippen LogP contribution is 2.57. The third kappa shape index (κ3) is 4.47. The summed E-state index contributed by atoms with van der Waals surface area (Å²) in [4.78, 5) is -0.506. The van der Waals surface area contributed by atoms with Gasteiger partial charge >= 0.3 is 6.18 Å².